The van der Waals surface area contributed by atoms with E-state index in [9.17, 15) is 5.11 Å². The third kappa shape index (κ3) is 4.21. The van der Waals surface area contributed by atoms with E-state index in [1.807, 2.05) is 0 Å². The molecule has 0 heterocycles. The first kappa shape index (κ1) is 16.8. The van der Waals surface area contributed by atoms with Gasteiger partial charge in [0.05, 0.1) is 0 Å². The van der Waals surface area contributed by atoms with E-state index < -0.39 is 0 Å². The second-order valence-electron chi connectivity index (χ2n) is 7.18. The molecule has 0 aliphatic heterocycles. The lowest BCUT2D eigenvalue weighted by Gasteiger charge is -2.41. The summed E-state index contributed by atoms with van der Waals surface area (Å²) in [5.41, 5.74) is 0.307. The van der Waals surface area contributed by atoms with Crippen molar-refractivity contribution in [3.8, 4) is 0 Å². The fourth-order valence-corrected chi connectivity index (χ4v) is 7.59. The van der Waals surface area contributed by atoms with Crippen molar-refractivity contribution >= 4 is 45.2 Å². The molecule has 2 aliphatic rings. The minimum Gasteiger partial charge on any atom is -0.396 e. The van der Waals surface area contributed by atoms with Crippen LogP contribution in [0.4, 0.5) is 0 Å². The van der Waals surface area contributed by atoms with Crippen LogP contribution in [0.15, 0.2) is 0 Å². The van der Waals surface area contributed by atoms with Gasteiger partial charge in [-0.1, -0.05) is 71.4 Å². The molecule has 19 heavy (non-hydrogen) atoms. The van der Waals surface area contributed by atoms with E-state index >= 15 is 0 Å². The highest BCUT2D eigenvalue weighted by Gasteiger charge is 2.39. The zero-order chi connectivity index (χ0) is 13.9. The van der Waals surface area contributed by atoms with Gasteiger partial charge < -0.3 is 5.11 Å². The van der Waals surface area contributed by atoms with Crippen LogP contribution >= 0.6 is 45.2 Å². The maximum absolute atomic E-state index is 9.73. The largest absolute Gasteiger partial charge is 0.396 e. The first-order valence-corrected chi connectivity index (χ1v) is 10.5. The SMILES string of the molecule is CC1(I)CC(CCC2(CO)CCCC2)CCC1CI. The number of hydrogen-bond acceptors (Lipinski definition) is 1. The molecule has 3 unspecified atom stereocenters. The average Bonchev–Trinajstić information content (AvgIpc) is 2.85. The second-order valence-corrected chi connectivity index (χ2v) is 10.5. The molecular weight excluding hydrogens is 462 g/mol. The van der Waals surface area contributed by atoms with Crippen LogP contribution in [-0.2, 0) is 0 Å². The van der Waals surface area contributed by atoms with Crippen molar-refractivity contribution in [3.63, 3.8) is 0 Å². The molecule has 0 aromatic carbocycles. The lowest BCUT2D eigenvalue weighted by Crippen LogP contribution is -2.37. The smallest absolute Gasteiger partial charge is 0.0487 e. The van der Waals surface area contributed by atoms with Crippen LogP contribution in [0.25, 0.3) is 0 Å². The summed E-state index contributed by atoms with van der Waals surface area (Å²) in [6.45, 7) is 2.89. The molecule has 1 N–H and O–H groups in total. The predicted octanol–water partition coefficient (Wildman–Crippen LogP) is 5.36. The minimum absolute atomic E-state index is 0.307. The van der Waals surface area contributed by atoms with Crippen LogP contribution in [0.2, 0.25) is 0 Å². The summed E-state index contributed by atoms with van der Waals surface area (Å²) in [5.74, 6) is 1.81. The third-order valence-corrected chi connectivity index (χ3v) is 8.12. The normalized spacial score (nSPS) is 38.5. The molecule has 2 aliphatic carbocycles. The van der Waals surface area contributed by atoms with Gasteiger partial charge in [-0.25, -0.2) is 0 Å². The molecule has 3 heteroatoms. The van der Waals surface area contributed by atoms with Gasteiger partial charge in [0.2, 0.25) is 0 Å². The van der Waals surface area contributed by atoms with E-state index in [-0.39, 0.29) is 0 Å². The van der Waals surface area contributed by atoms with Gasteiger partial charge in [0.1, 0.15) is 0 Å². The van der Waals surface area contributed by atoms with Gasteiger partial charge in [-0.2, -0.15) is 0 Å². The average molecular weight is 490 g/mol. The number of halogens is 2. The van der Waals surface area contributed by atoms with Gasteiger partial charge in [-0.15, -0.1) is 0 Å². The Balaban J connectivity index is 1.84. The predicted molar refractivity (Wildman–Crippen MR) is 99.4 cm³/mol. The highest BCUT2D eigenvalue weighted by molar-refractivity contribution is 14.1. The minimum atomic E-state index is 0.307. The molecule has 112 valence electrons. The monoisotopic (exact) mass is 490 g/mol. The first-order chi connectivity index (χ1) is 9.01. The Morgan fingerprint density at radius 3 is 2.42 bits per heavy atom. The fourth-order valence-electron chi connectivity index (χ4n) is 4.18. The lowest BCUT2D eigenvalue weighted by molar-refractivity contribution is 0.105. The summed E-state index contributed by atoms with van der Waals surface area (Å²) in [6, 6.07) is 0. The van der Waals surface area contributed by atoms with Gasteiger partial charge >= 0.3 is 0 Å². The van der Waals surface area contributed by atoms with Crippen LogP contribution in [0.3, 0.4) is 0 Å². The van der Waals surface area contributed by atoms with E-state index in [1.54, 1.807) is 0 Å². The van der Waals surface area contributed by atoms with E-state index in [0.29, 0.717) is 15.4 Å². The van der Waals surface area contributed by atoms with Gasteiger partial charge in [0.25, 0.3) is 0 Å². The zero-order valence-corrected chi connectivity index (χ0v) is 16.5. The van der Waals surface area contributed by atoms with E-state index in [1.165, 1.54) is 62.2 Å². The molecule has 1 nitrogen and oxygen atoms in total. The number of alkyl halides is 2. The molecule has 3 atom stereocenters. The Labute approximate surface area is 146 Å². The summed E-state index contributed by atoms with van der Waals surface area (Å²) in [7, 11) is 0. The van der Waals surface area contributed by atoms with Crippen molar-refractivity contribution in [2.45, 2.75) is 68.1 Å². The molecule has 0 spiro atoms. The lowest BCUT2D eigenvalue weighted by atomic mass is 9.71. The van der Waals surface area contributed by atoms with Crippen LogP contribution in [0, 0.1) is 17.3 Å². The second kappa shape index (κ2) is 7.12. The molecule has 2 fully saturated rings. The molecule has 0 amide bonds. The molecule has 2 rings (SSSR count). The quantitative estimate of drug-likeness (QED) is 0.407. The molecule has 2 saturated carbocycles. The number of hydrogen-bond donors (Lipinski definition) is 1. The molecule has 0 bridgehead atoms. The first-order valence-electron chi connectivity index (χ1n) is 7.87. The van der Waals surface area contributed by atoms with Crippen LogP contribution in [0.5, 0.6) is 0 Å². The summed E-state index contributed by atoms with van der Waals surface area (Å²) < 4.78 is 1.81. The fraction of sp³-hybridized carbons (Fsp3) is 1.00. The van der Waals surface area contributed by atoms with E-state index in [2.05, 4.69) is 52.1 Å². The third-order valence-electron chi connectivity index (χ3n) is 5.73. The summed E-state index contributed by atoms with van der Waals surface area (Å²) in [5, 5.41) is 9.73. The van der Waals surface area contributed by atoms with Crippen LogP contribution in [-0.4, -0.2) is 19.6 Å². The highest BCUT2D eigenvalue weighted by Crippen LogP contribution is 2.48. The van der Waals surface area contributed by atoms with Crippen molar-refractivity contribution in [2.75, 3.05) is 11.0 Å². The number of rotatable bonds is 5. The maximum Gasteiger partial charge on any atom is 0.0487 e. The number of aliphatic hydroxyl groups excluding tert-OH is 1. The van der Waals surface area contributed by atoms with E-state index in [4.69, 9.17) is 0 Å². The molecule has 0 aromatic heterocycles. The molecule has 0 aromatic rings. The molecule has 0 radical (unpaired) electrons. The van der Waals surface area contributed by atoms with Gasteiger partial charge in [-0.3, -0.25) is 0 Å². The van der Waals surface area contributed by atoms with Crippen molar-refractivity contribution in [2.24, 2.45) is 17.3 Å². The van der Waals surface area contributed by atoms with Crippen molar-refractivity contribution < 1.29 is 5.11 Å². The topological polar surface area (TPSA) is 20.2 Å². The standard InChI is InChI=1S/C16H28I2O/c1-15(18)10-13(4-5-14(15)11-17)6-9-16(12-19)7-2-3-8-16/h13-14,19H,2-12H2,1H3. The van der Waals surface area contributed by atoms with Gasteiger partial charge in [0, 0.05) is 14.5 Å². The molecule has 0 saturated heterocycles. The van der Waals surface area contributed by atoms with Crippen LogP contribution in [0.1, 0.15) is 64.7 Å². The molecular formula is C16H28I2O. The number of aliphatic hydroxyl groups is 1. The van der Waals surface area contributed by atoms with Crippen molar-refractivity contribution in [1.82, 2.24) is 0 Å². The Hall–Kier alpha value is 1.42. The zero-order valence-electron chi connectivity index (χ0n) is 12.1. The van der Waals surface area contributed by atoms with Crippen molar-refractivity contribution in [1.29, 1.82) is 0 Å². The Kier molecular flexibility index (Phi) is 6.29. The maximum atomic E-state index is 9.73. The van der Waals surface area contributed by atoms with Gasteiger partial charge in [-0.05, 0) is 55.8 Å². The summed E-state index contributed by atoms with van der Waals surface area (Å²) in [6.07, 6.45) is 12.1. The highest BCUT2D eigenvalue weighted by atomic mass is 127. The van der Waals surface area contributed by atoms with Crippen molar-refractivity contribution in [3.05, 3.63) is 0 Å². The van der Waals surface area contributed by atoms with Gasteiger partial charge in [0.15, 0.2) is 0 Å². The van der Waals surface area contributed by atoms with E-state index in [0.717, 1.165) is 11.8 Å². The Morgan fingerprint density at radius 2 is 1.89 bits per heavy atom. The Morgan fingerprint density at radius 1 is 1.21 bits per heavy atom. The Bertz CT molecular complexity index is 284. The summed E-state index contributed by atoms with van der Waals surface area (Å²) in [4.78, 5) is 0. The van der Waals surface area contributed by atoms with Crippen LogP contribution < -0.4 is 0 Å². The summed E-state index contributed by atoms with van der Waals surface area (Å²) >= 11 is 5.28.